The maximum Gasteiger partial charge on any atom is 0.337 e. The van der Waals surface area contributed by atoms with Crippen LogP contribution in [0.2, 0.25) is 0 Å². The summed E-state index contributed by atoms with van der Waals surface area (Å²) < 4.78 is 0. The Kier molecular flexibility index (Phi) is 3.31. The van der Waals surface area contributed by atoms with Crippen LogP contribution in [0.5, 0.6) is 0 Å². The maximum absolute atomic E-state index is 11.3. The maximum atomic E-state index is 11.3. The molecule has 0 bridgehead atoms. The van der Waals surface area contributed by atoms with E-state index in [0.29, 0.717) is 11.2 Å². The van der Waals surface area contributed by atoms with Gasteiger partial charge >= 0.3 is 5.97 Å². The number of carboxylic acid groups (broad SMARTS) is 1. The summed E-state index contributed by atoms with van der Waals surface area (Å²) in [4.78, 5) is 21.1. The summed E-state index contributed by atoms with van der Waals surface area (Å²) in [6.07, 6.45) is 1.38. The number of nitrogens with zero attached hydrogens (tertiary/aromatic N) is 2. The highest BCUT2D eigenvalue weighted by atomic mass is 32.1. The van der Waals surface area contributed by atoms with Gasteiger partial charge in [0.2, 0.25) is 0 Å². The molecule has 1 aromatic carbocycles. The van der Waals surface area contributed by atoms with Crippen LogP contribution < -0.4 is 5.32 Å². The minimum Gasteiger partial charge on any atom is -0.478 e. The van der Waals surface area contributed by atoms with Crippen LogP contribution in [0.25, 0.3) is 10.8 Å². The first-order valence-electron chi connectivity index (χ1n) is 6.38. The smallest absolute Gasteiger partial charge is 0.337 e. The average molecular weight is 299 g/mol. The lowest BCUT2D eigenvalue weighted by atomic mass is 10.1. The summed E-state index contributed by atoms with van der Waals surface area (Å²) in [5.41, 5.74) is 1.18. The third-order valence-corrected chi connectivity index (χ3v) is 4.27. The molecule has 0 aliphatic carbocycles. The van der Waals surface area contributed by atoms with Crippen LogP contribution in [-0.2, 0) is 0 Å². The number of rotatable bonds is 3. The van der Waals surface area contributed by atoms with Gasteiger partial charge in [0, 0.05) is 21.8 Å². The summed E-state index contributed by atoms with van der Waals surface area (Å²) in [6.45, 7) is 3.97. The number of hydrogen-bond acceptors (Lipinski definition) is 5. The van der Waals surface area contributed by atoms with Gasteiger partial charge in [-0.25, -0.2) is 14.8 Å². The quantitative estimate of drug-likeness (QED) is 0.770. The highest BCUT2D eigenvalue weighted by molar-refractivity contribution is 7.15. The van der Waals surface area contributed by atoms with Crippen molar-refractivity contribution in [3.63, 3.8) is 0 Å². The van der Waals surface area contributed by atoms with Crippen molar-refractivity contribution in [3.05, 3.63) is 46.6 Å². The number of anilines is 2. The number of pyridine rings is 1. The Morgan fingerprint density at radius 3 is 2.57 bits per heavy atom. The van der Waals surface area contributed by atoms with Crippen molar-refractivity contribution in [1.29, 1.82) is 0 Å². The zero-order valence-electron chi connectivity index (χ0n) is 11.5. The summed E-state index contributed by atoms with van der Waals surface area (Å²) in [7, 11) is 0. The number of benzene rings is 1. The molecular formula is C15H13N3O2S. The van der Waals surface area contributed by atoms with Crippen LogP contribution in [0.1, 0.15) is 20.9 Å². The third-order valence-electron chi connectivity index (χ3n) is 3.28. The standard InChI is InChI=1S/C15H13N3O2S/c1-8-9(2)21-15(17-8)18-13-11-6-4-3-5-10(11)12(7-16-13)14(19)20/h3-7H,1-2H3,(H,19,20)(H,16,17,18). The van der Waals surface area contributed by atoms with Gasteiger partial charge in [-0.05, 0) is 13.8 Å². The van der Waals surface area contributed by atoms with E-state index in [2.05, 4.69) is 15.3 Å². The second-order valence-electron chi connectivity index (χ2n) is 4.66. The largest absolute Gasteiger partial charge is 0.478 e. The number of carbonyl (C=O) groups is 1. The van der Waals surface area contributed by atoms with Gasteiger partial charge in [0.05, 0.1) is 11.3 Å². The molecule has 21 heavy (non-hydrogen) atoms. The lowest BCUT2D eigenvalue weighted by molar-refractivity contribution is 0.0698. The Balaban J connectivity index is 2.11. The van der Waals surface area contributed by atoms with Gasteiger partial charge in [0.25, 0.3) is 0 Å². The molecule has 3 rings (SSSR count). The first-order valence-corrected chi connectivity index (χ1v) is 7.20. The zero-order valence-corrected chi connectivity index (χ0v) is 12.4. The van der Waals surface area contributed by atoms with E-state index < -0.39 is 5.97 Å². The number of aromatic nitrogens is 2. The van der Waals surface area contributed by atoms with Crippen molar-refractivity contribution in [3.8, 4) is 0 Å². The Bertz CT molecular complexity index is 823. The van der Waals surface area contributed by atoms with E-state index in [1.165, 1.54) is 6.20 Å². The Morgan fingerprint density at radius 1 is 1.24 bits per heavy atom. The monoisotopic (exact) mass is 299 g/mol. The Morgan fingerprint density at radius 2 is 1.95 bits per heavy atom. The highest BCUT2D eigenvalue weighted by Crippen LogP contribution is 2.29. The van der Waals surface area contributed by atoms with Crippen LogP contribution >= 0.6 is 11.3 Å². The van der Waals surface area contributed by atoms with E-state index in [-0.39, 0.29) is 5.56 Å². The third kappa shape index (κ3) is 2.45. The summed E-state index contributed by atoms with van der Waals surface area (Å²) in [6, 6.07) is 7.31. The number of hydrogen-bond donors (Lipinski definition) is 2. The molecule has 2 heterocycles. The lowest BCUT2D eigenvalue weighted by Gasteiger charge is -2.08. The number of carboxylic acids is 1. The number of fused-ring (bicyclic) bond motifs is 1. The van der Waals surface area contributed by atoms with Crippen LogP contribution in [0, 0.1) is 13.8 Å². The van der Waals surface area contributed by atoms with E-state index in [1.807, 2.05) is 32.0 Å². The molecule has 0 saturated heterocycles. The van der Waals surface area contributed by atoms with Crippen molar-refractivity contribution in [2.24, 2.45) is 0 Å². The van der Waals surface area contributed by atoms with Gasteiger partial charge in [0.15, 0.2) is 5.13 Å². The van der Waals surface area contributed by atoms with Gasteiger partial charge < -0.3 is 10.4 Å². The molecule has 0 spiro atoms. The second-order valence-corrected chi connectivity index (χ2v) is 5.86. The van der Waals surface area contributed by atoms with Crippen molar-refractivity contribution >= 4 is 39.0 Å². The summed E-state index contributed by atoms with van der Waals surface area (Å²) >= 11 is 1.55. The summed E-state index contributed by atoms with van der Waals surface area (Å²) in [5.74, 6) is -0.365. The molecule has 5 nitrogen and oxygen atoms in total. The van der Waals surface area contributed by atoms with E-state index >= 15 is 0 Å². The number of aryl methyl sites for hydroxylation is 2. The normalized spacial score (nSPS) is 10.8. The van der Waals surface area contributed by atoms with Crippen LogP contribution in [0.4, 0.5) is 10.9 Å². The predicted molar refractivity (Wildman–Crippen MR) is 83.6 cm³/mol. The van der Waals surface area contributed by atoms with Gasteiger partial charge in [-0.15, -0.1) is 11.3 Å². The number of aromatic carboxylic acids is 1. The molecule has 0 atom stereocenters. The Labute approximate surface area is 125 Å². The molecular weight excluding hydrogens is 286 g/mol. The second kappa shape index (κ2) is 5.14. The Hall–Kier alpha value is -2.47. The first kappa shape index (κ1) is 13.5. The molecule has 2 N–H and O–H groups in total. The molecule has 0 radical (unpaired) electrons. The van der Waals surface area contributed by atoms with Gasteiger partial charge in [-0.3, -0.25) is 0 Å². The fraction of sp³-hybridized carbons (Fsp3) is 0.133. The molecule has 0 amide bonds. The molecule has 0 unspecified atom stereocenters. The van der Waals surface area contributed by atoms with Crippen LogP contribution in [-0.4, -0.2) is 21.0 Å². The molecule has 106 valence electrons. The molecule has 6 heteroatoms. The number of thiazole rings is 1. The zero-order chi connectivity index (χ0) is 15.0. The van der Waals surface area contributed by atoms with E-state index in [1.54, 1.807) is 17.4 Å². The highest BCUT2D eigenvalue weighted by Gasteiger charge is 2.13. The molecule has 0 saturated carbocycles. The molecule has 0 fully saturated rings. The summed E-state index contributed by atoms with van der Waals surface area (Å²) in [5, 5.41) is 14.6. The fourth-order valence-corrected chi connectivity index (χ4v) is 2.90. The van der Waals surface area contributed by atoms with Crippen molar-refractivity contribution < 1.29 is 9.90 Å². The molecule has 0 aliphatic heterocycles. The minimum absolute atomic E-state index is 0.197. The molecule has 3 aromatic rings. The van der Waals surface area contributed by atoms with Crippen molar-refractivity contribution in [1.82, 2.24) is 9.97 Å². The van der Waals surface area contributed by atoms with Gasteiger partial charge in [-0.1, -0.05) is 24.3 Å². The van der Waals surface area contributed by atoms with E-state index in [4.69, 9.17) is 0 Å². The molecule has 2 aromatic heterocycles. The van der Waals surface area contributed by atoms with E-state index in [9.17, 15) is 9.90 Å². The average Bonchev–Trinajstić information content (AvgIpc) is 2.77. The fourth-order valence-electron chi connectivity index (χ4n) is 2.09. The van der Waals surface area contributed by atoms with E-state index in [0.717, 1.165) is 21.1 Å². The van der Waals surface area contributed by atoms with Crippen LogP contribution in [0.3, 0.4) is 0 Å². The predicted octanol–water partition coefficient (Wildman–Crippen LogP) is 3.75. The van der Waals surface area contributed by atoms with Gasteiger partial charge in [-0.2, -0.15) is 0 Å². The topological polar surface area (TPSA) is 75.1 Å². The number of nitrogens with one attached hydrogen (secondary N) is 1. The van der Waals surface area contributed by atoms with Crippen molar-refractivity contribution in [2.45, 2.75) is 13.8 Å². The molecule has 0 aliphatic rings. The lowest BCUT2D eigenvalue weighted by Crippen LogP contribution is -2.02. The van der Waals surface area contributed by atoms with Crippen LogP contribution in [0.15, 0.2) is 30.5 Å². The minimum atomic E-state index is -0.980. The van der Waals surface area contributed by atoms with Crippen molar-refractivity contribution in [2.75, 3.05) is 5.32 Å². The van der Waals surface area contributed by atoms with Gasteiger partial charge in [0.1, 0.15) is 5.82 Å². The first-order chi connectivity index (χ1) is 10.1. The SMILES string of the molecule is Cc1nc(Nc2ncc(C(=O)O)c3ccccc23)sc1C.